The minimum Gasteiger partial charge on any atom is -0.368 e. The van der Waals surface area contributed by atoms with Crippen LogP contribution in [0.1, 0.15) is 12.8 Å². The van der Waals surface area contributed by atoms with Crippen LogP contribution in [0.3, 0.4) is 0 Å². The Bertz CT molecular complexity index is 1090. The van der Waals surface area contributed by atoms with Gasteiger partial charge in [-0.05, 0) is 43.2 Å². The Labute approximate surface area is 201 Å². The Morgan fingerprint density at radius 1 is 0.848 bits per heavy atom. The summed E-state index contributed by atoms with van der Waals surface area (Å²) in [6, 6.07) is 9.49. The molecule has 0 radical (unpaired) electrons. The van der Waals surface area contributed by atoms with Crippen LogP contribution in [-0.2, 0) is 4.79 Å². The first-order valence-corrected chi connectivity index (χ1v) is 11.8. The highest BCUT2D eigenvalue weighted by Crippen LogP contribution is 2.29. The lowest BCUT2D eigenvalue weighted by atomic mass is 9.95. The van der Waals surface area contributed by atoms with Gasteiger partial charge in [0.15, 0.2) is 11.6 Å². The zero-order valence-electron chi connectivity index (χ0n) is 18.0. The van der Waals surface area contributed by atoms with E-state index in [0.29, 0.717) is 29.0 Å². The molecule has 0 bridgehead atoms. The van der Waals surface area contributed by atoms with Gasteiger partial charge in [0, 0.05) is 50.9 Å². The molecule has 172 valence electrons. The molecule has 2 fully saturated rings. The lowest BCUT2D eigenvalue weighted by molar-refractivity contribution is -0.136. The van der Waals surface area contributed by atoms with E-state index in [1.54, 1.807) is 11.0 Å². The molecule has 5 rings (SSSR count). The smallest absolute Gasteiger partial charge is 0.225 e. The zero-order valence-corrected chi connectivity index (χ0v) is 19.5. The number of nitrogens with zero attached hydrogens (tertiary/aromatic N) is 8. The third kappa shape index (κ3) is 4.74. The highest BCUT2D eigenvalue weighted by Gasteiger charge is 2.31. The lowest BCUT2D eigenvalue weighted by Crippen LogP contribution is -2.51. The number of piperidine rings is 1. The van der Waals surface area contributed by atoms with Gasteiger partial charge >= 0.3 is 0 Å². The summed E-state index contributed by atoms with van der Waals surface area (Å²) >= 11 is 12.2. The molecule has 2 aliphatic heterocycles. The van der Waals surface area contributed by atoms with E-state index in [4.69, 9.17) is 23.2 Å². The molecular formula is C22H24Cl2N8O. The van der Waals surface area contributed by atoms with E-state index in [1.165, 1.54) is 6.33 Å². The first-order valence-electron chi connectivity index (χ1n) is 11.0. The van der Waals surface area contributed by atoms with Crippen LogP contribution in [0.15, 0.2) is 43.0 Å². The van der Waals surface area contributed by atoms with Gasteiger partial charge in [-0.25, -0.2) is 9.67 Å². The van der Waals surface area contributed by atoms with Gasteiger partial charge in [0.05, 0.1) is 10.0 Å². The minimum absolute atomic E-state index is 0.0557. The second kappa shape index (κ2) is 9.52. The van der Waals surface area contributed by atoms with Crippen LogP contribution in [-0.4, -0.2) is 75.0 Å². The first kappa shape index (κ1) is 21.9. The summed E-state index contributed by atoms with van der Waals surface area (Å²) in [5.41, 5.74) is 1.04. The molecule has 0 aliphatic carbocycles. The molecule has 0 saturated carbocycles. The molecule has 1 aromatic carbocycles. The molecule has 11 heteroatoms. The van der Waals surface area contributed by atoms with Gasteiger partial charge in [0.25, 0.3) is 0 Å². The fourth-order valence-corrected chi connectivity index (χ4v) is 4.71. The van der Waals surface area contributed by atoms with Crippen LogP contribution in [0.25, 0.3) is 5.82 Å². The highest BCUT2D eigenvalue weighted by atomic mass is 35.5. The topological polar surface area (TPSA) is 83.3 Å². The number of amides is 1. The number of benzene rings is 1. The van der Waals surface area contributed by atoms with Crippen molar-refractivity contribution < 1.29 is 4.79 Å². The number of aromatic nitrogens is 5. The number of carbonyl (C=O) groups excluding carboxylic acids is 1. The average molecular weight is 487 g/mol. The Kier molecular flexibility index (Phi) is 6.32. The predicted octanol–water partition coefficient (Wildman–Crippen LogP) is 2.93. The fourth-order valence-electron chi connectivity index (χ4n) is 4.42. The van der Waals surface area contributed by atoms with Crippen LogP contribution in [0.4, 0.5) is 11.5 Å². The van der Waals surface area contributed by atoms with Crippen molar-refractivity contribution in [1.29, 1.82) is 0 Å². The number of hydrogen-bond acceptors (Lipinski definition) is 7. The molecule has 33 heavy (non-hydrogen) atoms. The molecule has 2 saturated heterocycles. The maximum Gasteiger partial charge on any atom is 0.225 e. The Morgan fingerprint density at radius 2 is 1.58 bits per heavy atom. The maximum atomic E-state index is 13.1. The molecule has 0 unspecified atom stereocenters. The molecule has 0 spiro atoms. The molecule has 0 atom stereocenters. The third-order valence-electron chi connectivity index (χ3n) is 6.32. The van der Waals surface area contributed by atoms with Crippen molar-refractivity contribution >= 4 is 40.6 Å². The normalized spacial score (nSPS) is 17.5. The summed E-state index contributed by atoms with van der Waals surface area (Å²) in [5.74, 6) is 1.76. The van der Waals surface area contributed by atoms with Gasteiger partial charge in [-0.1, -0.05) is 23.2 Å². The van der Waals surface area contributed by atoms with Crippen molar-refractivity contribution in [3.63, 3.8) is 0 Å². The molecule has 1 amide bonds. The van der Waals surface area contributed by atoms with E-state index in [-0.39, 0.29) is 11.8 Å². The van der Waals surface area contributed by atoms with Crippen LogP contribution in [0.5, 0.6) is 0 Å². The van der Waals surface area contributed by atoms with Gasteiger partial charge in [-0.2, -0.15) is 5.10 Å². The quantitative estimate of drug-likeness (QED) is 0.560. The largest absolute Gasteiger partial charge is 0.368 e. The Balaban J connectivity index is 1.12. The van der Waals surface area contributed by atoms with Gasteiger partial charge < -0.3 is 14.7 Å². The number of rotatable bonds is 4. The fraction of sp³-hybridized carbons (Fsp3) is 0.409. The standard InChI is InChI=1S/C22H24Cl2N8O/c23-18-2-1-17(13-19(18)24)29-9-11-31(12-10-29)22(33)16-5-7-30(8-6-16)20-3-4-21(28-27-20)32-15-25-14-26-32/h1-4,13-16H,5-12H2. The summed E-state index contributed by atoms with van der Waals surface area (Å²) in [5, 5.41) is 13.7. The Hall–Kier alpha value is -2.91. The van der Waals surface area contributed by atoms with Gasteiger partial charge in [-0.3, -0.25) is 4.79 Å². The van der Waals surface area contributed by atoms with Crippen LogP contribution < -0.4 is 9.80 Å². The lowest BCUT2D eigenvalue weighted by Gasteiger charge is -2.39. The second-order valence-corrected chi connectivity index (χ2v) is 9.08. The predicted molar refractivity (Wildman–Crippen MR) is 127 cm³/mol. The van der Waals surface area contributed by atoms with Crippen molar-refractivity contribution in [2.45, 2.75) is 12.8 Å². The number of piperazine rings is 1. The molecule has 2 aromatic heterocycles. The summed E-state index contributed by atoms with van der Waals surface area (Å²) in [4.78, 5) is 23.5. The van der Waals surface area contributed by atoms with Crippen LogP contribution in [0, 0.1) is 5.92 Å². The SMILES string of the molecule is O=C(C1CCN(c2ccc(-n3cncn3)nn2)CC1)N1CCN(c2ccc(Cl)c(Cl)c2)CC1. The molecular weight excluding hydrogens is 463 g/mol. The monoisotopic (exact) mass is 486 g/mol. The van der Waals surface area contributed by atoms with E-state index in [0.717, 1.165) is 50.5 Å². The van der Waals surface area contributed by atoms with E-state index in [9.17, 15) is 4.79 Å². The van der Waals surface area contributed by atoms with Crippen molar-refractivity contribution in [1.82, 2.24) is 29.9 Å². The molecule has 3 aromatic rings. The highest BCUT2D eigenvalue weighted by molar-refractivity contribution is 6.42. The van der Waals surface area contributed by atoms with Crippen molar-refractivity contribution in [3.8, 4) is 5.82 Å². The molecule has 0 N–H and O–H groups in total. The van der Waals surface area contributed by atoms with Crippen LogP contribution in [0.2, 0.25) is 10.0 Å². The molecule has 2 aliphatic rings. The van der Waals surface area contributed by atoms with E-state index in [1.807, 2.05) is 35.2 Å². The van der Waals surface area contributed by atoms with E-state index in [2.05, 4.69) is 30.1 Å². The average Bonchev–Trinajstić information content (AvgIpc) is 3.41. The van der Waals surface area contributed by atoms with Gasteiger partial charge in [0.2, 0.25) is 5.91 Å². The van der Waals surface area contributed by atoms with E-state index >= 15 is 0 Å². The number of carbonyl (C=O) groups is 1. The summed E-state index contributed by atoms with van der Waals surface area (Å²) in [6.07, 6.45) is 4.69. The van der Waals surface area contributed by atoms with Crippen molar-refractivity contribution in [2.75, 3.05) is 49.1 Å². The van der Waals surface area contributed by atoms with Crippen molar-refractivity contribution in [2.24, 2.45) is 5.92 Å². The first-order chi connectivity index (χ1) is 16.1. The van der Waals surface area contributed by atoms with Crippen LogP contribution >= 0.6 is 23.2 Å². The number of anilines is 2. The second-order valence-electron chi connectivity index (χ2n) is 8.26. The van der Waals surface area contributed by atoms with Gasteiger partial charge in [-0.15, -0.1) is 10.2 Å². The number of halogens is 2. The zero-order chi connectivity index (χ0) is 22.8. The summed E-state index contributed by atoms with van der Waals surface area (Å²) in [6.45, 7) is 4.59. The van der Waals surface area contributed by atoms with Crippen molar-refractivity contribution in [3.05, 3.63) is 53.0 Å². The third-order valence-corrected chi connectivity index (χ3v) is 7.06. The Morgan fingerprint density at radius 3 is 2.21 bits per heavy atom. The van der Waals surface area contributed by atoms with E-state index < -0.39 is 0 Å². The maximum absolute atomic E-state index is 13.1. The molecule has 4 heterocycles. The number of hydrogen-bond donors (Lipinski definition) is 0. The minimum atomic E-state index is 0.0557. The summed E-state index contributed by atoms with van der Waals surface area (Å²) < 4.78 is 1.57. The van der Waals surface area contributed by atoms with Gasteiger partial charge in [0.1, 0.15) is 12.7 Å². The summed E-state index contributed by atoms with van der Waals surface area (Å²) in [7, 11) is 0. The molecule has 9 nitrogen and oxygen atoms in total.